The summed E-state index contributed by atoms with van der Waals surface area (Å²) in [6, 6.07) is -3.57. The molecule has 21 atom stereocenters. The largest absolute Gasteiger partial charge is 0.504 e. The van der Waals surface area contributed by atoms with Crippen molar-refractivity contribution in [1.82, 2.24) is 10.6 Å². The number of rotatable bonds is 36. The number of methoxy groups -OCH3 is 1. The molecule has 18 N–H and O–H groups in total. The molecule has 0 spiro atoms. The Balaban J connectivity index is 1.10. The van der Waals surface area contributed by atoms with Crippen LogP contribution in [0.25, 0.3) is 0 Å². The highest BCUT2D eigenvalue weighted by molar-refractivity contribution is 8.08. The topological polar surface area (TPSA) is 478 Å². The third-order valence-electron chi connectivity index (χ3n) is 15.0. The highest BCUT2D eigenvalue weighted by Gasteiger charge is 2.65. The van der Waals surface area contributed by atoms with Gasteiger partial charge >= 0.3 is 20.2 Å². The highest BCUT2D eigenvalue weighted by Crippen LogP contribution is 2.58. The number of anilines is 1. The van der Waals surface area contributed by atoms with Crippen molar-refractivity contribution in [2.45, 2.75) is 162 Å². The number of hydrogen-bond donors (Lipinski definition) is 15. The first-order valence-corrected chi connectivity index (χ1v) is 36.4. The van der Waals surface area contributed by atoms with Crippen LogP contribution < -0.4 is 37.9 Å². The number of ether oxygens (including phenoxy) is 10. The standard InChI is InChI=1S/C48H84B3N8O26P3S3/c1-8-72-86(67,89)83-24-16-31(50)79-29(24)21-75-88(91,85-25-17-32(51)78-28(25)20-74-87(68,90)84-23-15-30(49)77-27(23)19-69-7)73-14-13-71-12-11-70-10-9-57-47(3,4)48(66)22(2)76-44(42(48)82-43-35(55-5)39(64)36(61)26(18-60)80-43)81-41-34(58-45(52)53)37(62)33(38(63)40(41)65)59-46(54)56-6/h22-32,35-36,39,42-44,55,57,60-66H,8-21H2,1-7H3,(H,67,89)(H,68,90)(H4,52,53,58)(H3,54,56,59). The second-order valence-electron chi connectivity index (χ2n) is 21.8. The molecule has 1 aromatic rings. The zero-order valence-electron chi connectivity index (χ0n) is 51.1. The molecule has 5 fully saturated rings. The molecule has 0 saturated carbocycles. The molecule has 5 aliphatic rings. The lowest BCUT2D eigenvalue weighted by Gasteiger charge is -2.48. The van der Waals surface area contributed by atoms with Gasteiger partial charge in [0, 0.05) is 44.3 Å². The maximum absolute atomic E-state index is 13.0. The van der Waals surface area contributed by atoms with E-state index in [2.05, 4.69) is 25.9 Å². The average molecular weight is 1410 g/mol. The van der Waals surface area contributed by atoms with E-state index < -0.39 is 182 Å². The van der Waals surface area contributed by atoms with E-state index in [-0.39, 0.29) is 91.2 Å². The van der Waals surface area contributed by atoms with E-state index in [9.17, 15) is 45.5 Å². The molecule has 5 aliphatic heterocycles. The number of nitrogens with zero attached hydrogens (tertiary/aromatic N) is 2. The number of hydrogen-bond acceptors (Lipinski definition) is 31. The van der Waals surface area contributed by atoms with Crippen molar-refractivity contribution in [3.8, 4) is 23.0 Å². The second-order valence-corrected chi connectivity index (χ2v) is 30.3. The lowest BCUT2D eigenvalue weighted by molar-refractivity contribution is -0.307. The zero-order chi connectivity index (χ0) is 67.4. The normalized spacial score (nSPS) is 34.2. The Labute approximate surface area is 546 Å². The van der Waals surface area contributed by atoms with Crippen LogP contribution >= 0.6 is 20.2 Å². The number of benzene rings is 1. The molecule has 0 aromatic heterocycles. The molecule has 6 rings (SSSR count). The minimum absolute atomic E-state index is 0.0261. The fraction of sp³-hybridized carbons (Fsp3) is 0.833. The van der Waals surface area contributed by atoms with Gasteiger partial charge in [-0.3, -0.25) is 4.99 Å². The van der Waals surface area contributed by atoms with Crippen LogP contribution in [0.2, 0.25) is 0 Å². The Morgan fingerprint density at radius 3 is 1.84 bits per heavy atom. The smallest absolute Gasteiger partial charge is 0.327 e. The third kappa shape index (κ3) is 20.6. The summed E-state index contributed by atoms with van der Waals surface area (Å²) < 4.78 is 100. The fourth-order valence-electron chi connectivity index (χ4n) is 10.5. The Hall–Kier alpha value is -1.86. The van der Waals surface area contributed by atoms with Gasteiger partial charge in [0.05, 0.1) is 96.5 Å². The summed E-state index contributed by atoms with van der Waals surface area (Å²) in [6.45, 7) is -6.45. The van der Waals surface area contributed by atoms with Crippen molar-refractivity contribution in [2.75, 3.05) is 99.1 Å². The molecule has 0 aliphatic carbocycles. The van der Waals surface area contributed by atoms with Gasteiger partial charge in [0.1, 0.15) is 71.5 Å². The summed E-state index contributed by atoms with van der Waals surface area (Å²) in [7, 11) is 22.5. The molecule has 1 aromatic carbocycles. The molecule has 21 unspecified atom stereocenters. The molecule has 514 valence electrons. The zero-order valence-corrected chi connectivity index (χ0v) is 56.2. The minimum Gasteiger partial charge on any atom is -0.504 e. The van der Waals surface area contributed by atoms with Crippen molar-refractivity contribution in [1.29, 1.82) is 0 Å². The summed E-state index contributed by atoms with van der Waals surface area (Å²) >= 11 is 16.4. The number of aliphatic hydroxyl groups is 4. The van der Waals surface area contributed by atoms with Gasteiger partial charge in [-0.05, 0) is 89.4 Å². The SMILES string of the molecule is [B]C1CC(OP(O)(=S)OCC2OC([B])CC2OP(=S)(OCCOCCOCCNC(C)(C)C2(O)C(C)OC(Oc3c(O)c(O)c(NC(N)=NC)c(O)c3N=C(N)N)C2OC2OC(CO)C(O)C(O)C2NC)OCC2OC([B])CC2OP(O)(=S)OCC)C(COC)O1. The maximum atomic E-state index is 13.0. The first kappa shape index (κ1) is 78.1. The predicted molar refractivity (Wildman–Crippen MR) is 338 cm³/mol. The molecular weight excluding hydrogens is 1330 g/mol. The van der Waals surface area contributed by atoms with Gasteiger partial charge in [0.25, 0.3) is 0 Å². The lowest BCUT2D eigenvalue weighted by Crippen LogP contribution is -2.71. The van der Waals surface area contributed by atoms with E-state index in [0.717, 1.165) is 0 Å². The molecule has 91 heavy (non-hydrogen) atoms. The van der Waals surface area contributed by atoms with Crippen LogP contribution in [-0.4, -0.2) is 290 Å². The highest BCUT2D eigenvalue weighted by atomic mass is 32.5. The Morgan fingerprint density at radius 2 is 1.29 bits per heavy atom. The third-order valence-corrected chi connectivity index (χ3v) is 20.7. The molecule has 0 bridgehead atoms. The molecule has 34 nitrogen and oxygen atoms in total. The Morgan fingerprint density at radius 1 is 0.736 bits per heavy atom. The van der Waals surface area contributed by atoms with E-state index in [1.165, 1.54) is 28.1 Å². The minimum atomic E-state index is -3.94. The molecule has 5 saturated heterocycles. The van der Waals surface area contributed by atoms with Crippen molar-refractivity contribution >= 4 is 102 Å². The predicted octanol–water partition coefficient (Wildman–Crippen LogP) is -2.87. The van der Waals surface area contributed by atoms with Gasteiger partial charge in [-0.1, -0.05) is 0 Å². The molecular formula is C48H84B3N8O26P3S3. The van der Waals surface area contributed by atoms with E-state index in [0.29, 0.717) is 0 Å². The lowest BCUT2D eigenvalue weighted by atomic mass is 9.75. The fourth-order valence-corrected chi connectivity index (χ4v) is 15.7. The van der Waals surface area contributed by atoms with E-state index in [4.69, 9.17) is 155 Å². The van der Waals surface area contributed by atoms with E-state index >= 15 is 0 Å². The van der Waals surface area contributed by atoms with Crippen LogP contribution in [0.1, 0.15) is 47.0 Å². The van der Waals surface area contributed by atoms with Crippen LogP contribution in [0, 0.1) is 0 Å². The van der Waals surface area contributed by atoms with E-state index in [1.807, 2.05) is 0 Å². The van der Waals surface area contributed by atoms with Gasteiger partial charge in [-0.2, -0.15) is 0 Å². The van der Waals surface area contributed by atoms with Gasteiger partial charge in [0.2, 0.25) is 12.0 Å². The summed E-state index contributed by atoms with van der Waals surface area (Å²) in [6.07, 6.45) is -15.5. The van der Waals surface area contributed by atoms with E-state index in [1.54, 1.807) is 20.8 Å². The van der Waals surface area contributed by atoms with Crippen molar-refractivity contribution in [3.63, 3.8) is 0 Å². The Bertz CT molecular complexity index is 2740. The number of guanidine groups is 2. The molecule has 43 heteroatoms. The summed E-state index contributed by atoms with van der Waals surface area (Å²) in [5.74, 6) is -4.63. The van der Waals surface area contributed by atoms with Crippen LogP contribution in [0.3, 0.4) is 0 Å². The number of nitrogens with one attached hydrogen (secondary N) is 3. The number of phenols is 3. The Kier molecular flexibility index (Phi) is 29.7. The number of aromatic hydroxyl groups is 3. The van der Waals surface area contributed by atoms with Crippen LogP contribution in [0.5, 0.6) is 23.0 Å². The van der Waals surface area contributed by atoms with Crippen molar-refractivity contribution in [2.24, 2.45) is 27.2 Å². The second kappa shape index (κ2) is 34.6. The molecule has 0 amide bonds. The monoisotopic (exact) mass is 1410 g/mol. The number of likely N-dealkylation sites (N-methyl/N-ethyl adjacent to an activating group) is 1. The van der Waals surface area contributed by atoms with Gasteiger partial charge in [-0.15, -0.1) is 0 Å². The average Bonchev–Trinajstić information content (AvgIpc) is 1.62. The first-order chi connectivity index (χ1) is 42.8. The van der Waals surface area contributed by atoms with Gasteiger partial charge in [0.15, 0.2) is 47.2 Å². The van der Waals surface area contributed by atoms with Crippen LogP contribution in [0.15, 0.2) is 9.98 Å². The van der Waals surface area contributed by atoms with Crippen molar-refractivity contribution in [3.05, 3.63) is 0 Å². The van der Waals surface area contributed by atoms with Crippen molar-refractivity contribution < 1.29 is 125 Å². The quantitative estimate of drug-likeness (QED) is 0.00611. The summed E-state index contributed by atoms with van der Waals surface area (Å²) in [5.41, 5.74) is 12.3. The number of nitrogens with two attached hydrogens (primary N) is 3. The number of aliphatic imine (C=N–C) groups is 2. The molecule has 6 radical (unpaired) electrons. The first-order valence-electron chi connectivity index (χ1n) is 28.7. The van der Waals surface area contributed by atoms with Crippen LogP contribution in [0.4, 0.5) is 11.4 Å². The number of phenolic OH excluding ortho intramolecular Hbond substituents is 3. The van der Waals surface area contributed by atoms with Gasteiger partial charge in [-0.25, -0.2) is 4.99 Å². The molecule has 5 heterocycles. The summed E-state index contributed by atoms with van der Waals surface area (Å²) in [4.78, 5) is 29.3. The summed E-state index contributed by atoms with van der Waals surface area (Å²) in [5, 5.41) is 87.3. The van der Waals surface area contributed by atoms with Crippen LogP contribution in [-0.2, 0) is 110 Å². The van der Waals surface area contributed by atoms with Gasteiger partial charge < -0.3 is 158 Å². The maximum Gasteiger partial charge on any atom is 0.327 e. The number of aliphatic hydroxyl groups excluding tert-OH is 3.